The zero-order valence-corrected chi connectivity index (χ0v) is 14.8. The molecule has 2 heterocycles. The van der Waals surface area contributed by atoms with Crippen molar-refractivity contribution in [1.82, 2.24) is 10.6 Å². The molecule has 0 saturated carbocycles. The molecule has 0 bridgehead atoms. The number of ether oxygens (including phenoxy) is 1. The highest BCUT2D eigenvalue weighted by Gasteiger charge is 2.15. The smallest absolute Gasteiger partial charge is 0.191 e. The highest BCUT2D eigenvalue weighted by molar-refractivity contribution is 14.0. The van der Waals surface area contributed by atoms with Crippen molar-refractivity contribution in [2.45, 2.75) is 13.0 Å². The average Bonchev–Trinajstić information content (AvgIpc) is 2.55. The fourth-order valence-electron chi connectivity index (χ4n) is 2.56. The molecule has 0 spiro atoms. The van der Waals surface area contributed by atoms with Crippen molar-refractivity contribution in [2.75, 3.05) is 44.3 Å². The van der Waals surface area contributed by atoms with Gasteiger partial charge in [0.1, 0.15) is 5.82 Å². The van der Waals surface area contributed by atoms with Crippen molar-refractivity contribution in [3.05, 3.63) is 29.6 Å². The Kier molecular flexibility index (Phi) is 6.69. The lowest BCUT2D eigenvalue weighted by atomic mass is 10.1. The first kappa shape index (κ1) is 17.3. The summed E-state index contributed by atoms with van der Waals surface area (Å²) in [5.74, 6) is 0.633. The second kappa shape index (κ2) is 8.52. The van der Waals surface area contributed by atoms with Crippen LogP contribution < -0.4 is 15.5 Å². The number of guanidine groups is 1. The first-order chi connectivity index (χ1) is 10.3. The predicted octanol–water partition coefficient (Wildman–Crippen LogP) is 1.72. The van der Waals surface area contributed by atoms with Gasteiger partial charge in [-0.1, -0.05) is 6.07 Å². The molecule has 22 heavy (non-hydrogen) atoms. The summed E-state index contributed by atoms with van der Waals surface area (Å²) in [6.45, 7) is 5.18. The Balaban J connectivity index is 0.00000176. The molecule has 0 radical (unpaired) electrons. The number of hydrogen-bond donors (Lipinski definition) is 2. The van der Waals surface area contributed by atoms with Crippen molar-refractivity contribution < 1.29 is 9.13 Å². The monoisotopic (exact) mass is 420 g/mol. The molecule has 1 aromatic carbocycles. The molecule has 122 valence electrons. The molecule has 0 amide bonds. The Bertz CT molecular complexity index is 520. The summed E-state index contributed by atoms with van der Waals surface area (Å²) in [5, 5.41) is 6.39. The van der Waals surface area contributed by atoms with Crippen LogP contribution in [-0.4, -0.2) is 45.4 Å². The number of rotatable bonds is 3. The normalized spacial score (nSPS) is 18.0. The summed E-state index contributed by atoms with van der Waals surface area (Å²) in [4.78, 5) is 6.37. The van der Waals surface area contributed by atoms with Crippen LogP contribution in [0.1, 0.15) is 12.0 Å². The van der Waals surface area contributed by atoms with Gasteiger partial charge in [0.2, 0.25) is 0 Å². The number of nitrogens with zero attached hydrogens (tertiary/aromatic N) is 2. The zero-order valence-electron chi connectivity index (χ0n) is 12.5. The molecular formula is C15H22FIN4O. The van der Waals surface area contributed by atoms with Gasteiger partial charge in [-0.05, 0) is 24.1 Å². The SMILES string of the molecule is Fc1cc(CNC2=NCCCN2)ccc1N1CCOCC1.I. The number of morpholine rings is 1. The van der Waals surface area contributed by atoms with Gasteiger partial charge in [-0.3, -0.25) is 4.99 Å². The molecule has 1 fully saturated rings. The molecule has 5 nitrogen and oxygen atoms in total. The number of hydrogen-bond acceptors (Lipinski definition) is 5. The van der Waals surface area contributed by atoms with Crippen molar-refractivity contribution in [3.8, 4) is 0 Å². The number of halogens is 2. The predicted molar refractivity (Wildman–Crippen MR) is 96.6 cm³/mol. The van der Waals surface area contributed by atoms with E-state index in [-0.39, 0.29) is 29.8 Å². The van der Waals surface area contributed by atoms with Gasteiger partial charge in [-0.2, -0.15) is 0 Å². The second-order valence-electron chi connectivity index (χ2n) is 5.25. The van der Waals surface area contributed by atoms with E-state index in [1.54, 1.807) is 6.07 Å². The Hall–Kier alpha value is -1.09. The summed E-state index contributed by atoms with van der Waals surface area (Å²) < 4.78 is 19.5. The summed E-state index contributed by atoms with van der Waals surface area (Å²) >= 11 is 0. The van der Waals surface area contributed by atoms with Gasteiger partial charge in [-0.15, -0.1) is 24.0 Å². The highest BCUT2D eigenvalue weighted by atomic mass is 127. The summed E-state index contributed by atoms with van der Waals surface area (Å²) in [6, 6.07) is 5.42. The van der Waals surface area contributed by atoms with Crippen LogP contribution in [0, 0.1) is 5.82 Å². The number of anilines is 1. The maximum Gasteiger partial charge on any atom is 0.191 e. The molecule has 1 saturated heterocycles. The Labute approximate surface area is 147 Å². The minimum absolute atomic E-state index is 0. The molecule has 1 aromatic rings. The van der Waals surface area contributed by atoms with Crippen LogP contribution in [0.5, 0.6) is 0 Å². The van der Waals surface area contributed by atoms with Crippen LogP contribution in [0.4, 0.5) is 10.1 Å². The van der Waals surface area contributed by atoms with E-state index in [9.17, 15) is 4.39 Å². The van der Waals surface area contributed by atoms with Gasteiger partial charge < -0.3 is 20.3 Å². The van der Waals surface area contributed by atoms with Crippen LogP contribution in [0.15, 0.2) is 23.2 Å². The fraction of sp³-hybridized carbons (Fsp3) is 0.533. The summed E-state index contributed by atoms with van der Waals surface area (Å²) in [6.07, 6.45) is 1.06. The lowest BCUT2D eigenvalue weighted by Crippen LogP contribution is -2.40. The molecule has 2 N–H and O–H groups in total. The van der Waals surface area contributed by atoms with E-state index >= 15 is 0 Å². The van der Waals surface area contributed by atoms with Crippen LogP contribution in [-0.2, 0) is 11.3 Å². The van der Waals surface area contributed by atoms with E-state index in [0.717, 1.165) is 44.1 Å². The summed E-state index contributed by atoms with van der Waals surface area (Å²) in [5.41, 5.74) is 1.58. The van der Waals surface area contributed by atoms with E-state index in [1.165, 1.54) is 0 Å². The average molecular weight is 420 g/mol. The van der Waals surface area contributed by atoms with E-state index in [1.807, 2.05) is 17.0 Å². The maximum atomic E-state index is 14.2. The van der Waals surface area contributed by atoms with Crippen molar-refractivity contribution in [2.24, 2.45) is 4.99 Å². The minimum atomic E-state index is -0.172. The molecule has 2 aliphatic heterocycles. The van der Waals surface area contributed by atoms with E-state index in [4.69, 9.17) is 4.74 Å². The van der Waals surface area contributed by atoms with E-state index in [0.29, 0.717) is 25.4 Å². The molecule has 0 unspecified atom stereocenters. The van der Waals surface area contributed by atoms with E-state index in [2.05, 4.69) is 15.6 Å². The number of benzene rings is 1. The Morgan fingerprint density at radius 1 is 1.32 bits per heavy atom. The fourth-order valence-corrected chi connectivity index (χ4v) is 2.56. The quantitative estimate of drug-likeness (QED) is 0.732. The maximum absolute atomic E-state index is 14.2. The van der Waals surface area contributed by atoms with Crippen LogP contribution in [0.2, 0.25) is 0 Å². The number of nitrogens with one attached hydrogen (secondary N) is 2. The molecule has 0 aromatic heterocycles. The molecule has 7 heteroatoms. The zero-order chi connectivity index (χ0) is 14.5. The van der Waals surface area contributed by atoms with Gasteiger partial charge in [0.15, 0.2) is 5.96 Å². The van der Waals surface area contributed by atoms with Gasteiger partial charge in [0.05, 0.1) is 18.9 Å². The van der Waals surface area contributed by atoms with Gasteiger partial charge in [0.25, 0.3) is 0 Å². The highest BCUT2D eigenvalue weighted by Crippen LogP contribution is 2.21. The molecule has 2 aliphatic rings. The second-order valence-corrected chi connectivity index (χ2v) is 5.25. The van der Waals surface area contributed by atoms with Crippen molar-refractivity contribution in [1.29, 1.82) is 0 Å². The topological polar surface area (TPSA) is 48.9 Å². The largest absolute Gasteiger partial charge is 0.378 e. The standard InChI is InChI=1S/C15H21FN4O.HI/c16-13-10-12(11-19-15-17-4-1-5-18-15)2-3-14(13)20-6-8-21-9-7-20;/h2-3,10H,1,4-9,11H2,(H2,17,18,19);1H. The molecule has 3 rings (SSSR count). The third kappa shape index (κ3) is 4.45. The first-order valence-corrected chi connectivity index (χ1v) is 7.46. The third-order valence-electron chi connectivity index (χ3n) is 3.72. The van der Waals surface area contributed by atoms with Gasteiger partial charge in [-0.25, -0.2) is 4.39 Å². The third-order valence-corrected chi connectivity index (χ3v) is 3.72. The van der Waals surface area contributed by atoms with Crippen molar-refractivity contribution in [3.63, 3.8) is 0 Å². The van der Waals surface area contributed by atoms with Crippen LogP contribution >= 0.6 is 24.0 Å². The van der Waals surface area contributed by atoms with Crippen LogP contribution in [0.25, 0.3) is 0 Å². The number of aliphatic imine (C=N–C) groups is 1. The van der Waals surface area contributed by atoms with Crippen LogP contribution in [0.3, 0.4) is 0 Å². The minimum Gasteiger partial charge on any atom is -0.378 e. The van der Waals surface area contributed by atoms with Gasteiger partial charge in [0, 0.05) is 32.7 Å². The lowest BCUT2D eigenvalue weighted by Gasteiger charge is -2.29. The van der Waals surface area contributed by atoms with Gasteiger partial charge >= 0.3 is 0 Å². The van der Waals surface area contributed by atoms with E-state index < -0.39 is 0 Å². The van der Waals surface area contributed by atoms with Crippen molar-refractivity contribution >= 4 is 35.6 Å². The Morgan fingerprint density at radius 3 is 2.82 bits per heavy atom. The molecule has 0 aliphatic carbocycles. The summed E-state index contributed by atoms with van der Waals surface area (Å²) in [7, 11) is 0. The Morgan fingerprint density at radius 2 is 2.14 bits per heavy atom. The first-order valence-electron chi connectivity index (χ1n) is 7.46. The molecule has 0 atom stereocenters. The molecular weight excluding hydrogens is 398 g/mol. The lowest BCUT2D eigenvalue weighted by molar-refractivity contribution is 0.122.